The molecule has 19 heavy (non-hydrogen) atoms. The first-order valence-electron chi connectivity index (χ1n) is 5.90. The van der Waals surface area contributed by atoms with Crippen molar-refractivity contribution in [2.75, 3.05) is 5.32 Å². The van der Waals surface area contributed by atoms with E-state index < -0.39 is 16.4 Å². The van der Waals surface area contributed by atoms with Crippen LogP contribution in [-0.2, 0) is 6.42 Å². The van der Waals surface area contributed by atoms with Crippen LogP contribution in [0.15, 0.2) is 42.5 Å². The zero-order valence-corrected chi connectivity index (χ0v) is 10.4. The molecule has 0 heterocycles. The Hall–Kier alpha value is -2.43. The largest absolute Gasteiger partial charge is 0.350 e. The molecule has 0 fully saturated rings. The molecular weight excluding hydrogens is 247 g/mol. The van der Waals surface area contributed by atoms with Gasteiger partial charge >= 0.3 is 5.69 Å². The molecule has 0 aliphatic carbocycles. The van der Waals surface area contributed by atoms with Gasteiger partial charge < -0.3 is 5.32 Å². The number of halogens is 1. The molecule has 2 aromatic carbocycles. The van der Waals surface area contributed by atoms with E-state index in [1.165, 1.54) is 12.1 Å². The van der Waals surface area contributed by atoms with Crippen LogP contribution in [0.25, 0.3) is 0 Å². The number of nitro groups is 1. The molecule has 0 aromatic heterocycles. The molecule has 4 nitrogen and oxygen atoms in total. The van der Waals surface area contributed by atoms with Gasteiger partial charge in [0.25, 0.3) is 0 Å². The summed E-state index contributed by atoms with van der Waals surface area (Å²) in [5, 5.41) is 13.8. The number of hydrogen-bond acceptors (Lipinski definition) is 3. The lowest BCUT2D eigenvalue weighted by Gasteiger charge is -2.08. The summed E-state index contributed by atoms with van der Waals surface area (Å²) in [6, 6.07) is 11.5. The molecule has 0 saturated heterocycles. The van der Waals surface area contributed by atoms with Crippen LogP contribution in [0, 0.1) is 15.9 Å². The zero-order chi connectivity index (χ0) is 13.8. The standard InChI is InChI=1S/C14H13FN2O2/c1-2-10-5-3-6-11(9-10)16-13-8-4-7-12(15)14(13)17(18)19/h3-9,16H,2H2,1H3. The Balaban J connectivity index is 2.38. The molecule has 5 heteroatoms. The van der Waals surface area contributed by atoms with E-state index in [1.54, 1.807) is 6.07 Å². The third-order valence-corrected chi connectivity index (χ3v) is 2.78. The predicted molar refractivity (Wildman–Crippen MR) is 72.2 cm³/mol. The van der Waals surface area contributed by atoms with Gasteiger partial charge in [0, 0.05) is 5.69 Å². The van der Waals surface area contributed by atoms with Gasteiger partial charge in [-0.25, -0.2) is 0 Å². The number of nitro benzene ring substituents is 1. The Morgan fingerprint density at radius 2 is 2.00 bits per heavy atom. The van der Waals surface area contributed by atoms with Crippen molar-refractivity contribution < 1.29 is 9.31 Å². The third-order valence-electron chi connectivity index (χ3n) is 2.78. The molecule has 0 saturated carbocycles. The van der Waals surface area contributed by atoms with E-state index in [4.69, 9.17) is 0 Å². The van der Waals surface area contributed by atoms with Crippen molar-refractivity contribution >= 4 is 17.1 Å². The summed E-state index contributed by atoms with van der Waals surface area (Å²) in [6.07, 6.45) is 0.862. The Morgan fingerprint density at radius 1 is 1.26 bits per heavy atom. The second kappa shape index (κ2) is 5.48. The number of hydrogen-bond donors (Lipinski definition) is 1. The van der Waals surface area contributed by atoms with Gasteiger partial charge in [-0.1, -0.05) is 25.1 Å². The van der Waals surface area contributed by atoms with Crippen molar-refractivity contribution in [3.8, 4) is 0 Å². The number of para-hydroxylation sites is 1. The van der Waals surface area contributed by atoms with E-state index in [0.717, 1.165) is 18.1 Å². The topological polar surface area (TPSA) is 55.2 Å². The van der Waals surface area contributed by atoms with Crippen LogP contribution >= 0.6 is 0 Å². The summed E-state index contributed by atoms with van der Waals surface area (Å²) in [5.74, 6) is -0.846. The van der Waals surface area contributed by atoms with E-state index in [9.17, 15) is 14.5 Å². The molecule has 98 valence electrons. The summed E-state index contributed by atoms with van der Waals surface area (Å²) < 4.78 is 13.5. The highest BCUT2D eigenvalue weighted by atomic mass is 19.1. The highest BCUT2D eigenvalue weighted by Crippen LogP contribution is 2.30. The molecule has 2 rings (SSSR count). The summed E-state index contributed by atoms with van der Waals surface area (Å²) in [4.78, 5) is 10.2. The first-order chi connectivity index (χ1) is 9.11. The summed E-state index contributed by atoms with van der Waals surface area (Å²) in [7, 11) is 0. The quantitative estimate of drug-likeness (QED) is 0.666. The van der Waals surface area contributed by atoms with E-state index in [1.807, 2.05) is 25.1 Å². The number of nitrogens with one attached hydrogen (secondary N) is 1. The molecule has 0 spiro atoms. The Kier molecular flexibility index (Phi) is 3.75. The lowest BCUT2D eigenvalue weighted by Crippen LogP contribution is -1.99. The average molecular weight is 260 g/mol. The summed E-state index contributed by atoms with van der Waals surface area (Å²) in [5.41, 5.74) is 1.42. The molecular formula is C14H13FN2O2. The van der Waals surface area contributed by atoms with Crippen molar-refractivity contribution in [1.82, 2.24) is 0 Å². The van der Waals surface area contributed by atoms with E-state index in [-0.39, 0.29) is 5.69 Å². The Bertz CT molecular complexity index is 614. The minimum atomic E-state index is -0.846. The second-order valence-electron chi connectivity index (χ2n) is 4.07. The molecule has 2 aromatic rings. The number of aryl methyl sites for hydroxylation is 1. The fraction of sp³-hybridized carbons (Fsp3) is 0.143. The van der Waals surface area contributed by atoms with Gasteiger partial charge in [0.15, 0.2) is 0 Å². The van der Waals surface area contributed by atoms with Crippen molar-refractivity contribution in [3.63, 3.8) is 0 Å². The Morgan fingerprint density at radius 3 is 2.68 bits per heavy atom. The van der Waals surface area contributed by atoms with Gasteiger partial charge in [-0.15, -0.1) is 0 Å². The highest BCUT2D eigenvalue weighted by Gasteiger charge is 2.19. The van der Waals surface area contributed by atoms with Crippen LogP contribution in [0.2, 0.25) is 0 Å². The SMILES string of the molecule is CCc1cccc(Nc2cccc(F)c2[N+](=O)[O-])c1. The fourth-order valence-electron chi connectivity index (χ4n) is 1.83. The minimum Gasteiger partial charge on any atom is -0.350 e. The molecule has 0 aliphatic rings. The van der Waals surface area contributed by atoms with Crippen molar-refractivity contribution in [3.05, 3.63) is 64.0 Å². The normalized spacial score (nSPS) is 10.2. The molecule has 0 aliphatic heterocycles. The molecule has 0 atom stereocenters. The second-order valence-corrected chi connectivity index (χ2v) is 4.07. The van der Waals surface area contributed by atoms with Crippen LogP contribution in [0.1, 0.15) is 12.5 Å². The van der Waals surface area contributed by atoms with Crippen LogP contribution in [0.3, 0.4) is 0 Å². The number of benzene rings is 2. The fourth-order valence-corrected chi connectivity index (χ4v) is 1.83. The van der Waals surface area contributed by atoms with Gasteiger partial charge in [0.2, 0.25) is 5.82 Å². The number of nitrogens with zero attached hydrogens (tertiary/aromatic N) is 1. The maximum atomic E-state index is 13.5. The maximum Gasteiger partial charge on any atom is 0.327 e. The van der Waals surface area contributed by atoms with Gasteiger partial charge in [-0.3, -0.25) is 10.1 Å². The van der Waals surface area contributed by atoms with Crippen molar-refractivity contribution in [1.29, 1.82) is 0 Å². The average Bonchev–Trinajstić information content (AvgIpc) is 2.38. The lowest BCUT2D eigenvalue weighted by molar-refractivity contribution is -0.386. The van der Waals surface area contributed by atoms with E-state index >= 15 is 0 Å². The molecule has 0 amide bonds. The smallest absolute Gasteiger partial charge is 0.327 e. The van der Waals surface area contributed by atoms with Gasteiger partial charge in [-0.05, 0) is 36.2 Å². The summed E-state index contributed by atoms with van der Waals surface area (Å²) in [6.45, 7) is 2.02. The molecule has 0 radical (unpaired) electrons. The lowest BCUT2D eigenvalue weighted by atomic mass is 10.1. The van der Waals surface area contributed by atoms with E-state index in [2.05, 4.69) is 5.32 Å². The van der Waals surface area contributed by atoms with Gasteiger partial charge in [-0.2, -0.15) is 4.39 Å². The number of rotatable bonds is 4. The van der Waals surface area contributed by atoms with Gasteiger partial charge in [0.05, 0.1) is 4.92 Å². The van der Waals surface area contributed by atoms with Crippen LogP contribution in [0.4, 0.5) is 21.5 Å². The van der Waals surface area contributed by atoms with Crippen LogP contribution in [0.5, 0.6) is 0 Å². The predicted octanol–water partition coefficient (Wildman–Crippen LogP) is 4.04. The zero-order valence-electron chi connectivity index (χ0n) is 10.4. The van der Waals surface area contributed by atoms with Crippen LogP contribution < -0.4 is 5.32 Å². The minimum absolute atomic E-state index is 0.151. The molecule has 1 N–H and O–H groups in total. The molecule has 0 bridgehead atoms. The first kappa shape index (κ1) is 13.0. The highest BCUT2D eigenvalue weighted by molar-refractivity contribution is 5.70. The van der Waals surface area contributed by atoms with Gasteiger partial charge in [0.1, 0.15) is 5.69 Å². The maximum absolute atomic E-state index is 13.5. The number of anilines is 2. The van der Waals surface area contributed by atoms with Crippen molar-refractivity contribution in [2.24, 2.45) is 0 Å². The monoisotopic (exact) mass is 260 g/mol. The Labute approximate surface area is 110 Å². The van der Waals surface area contributed by atoms with E-state index in [0.29, 0.717) is 5.69 Å². The first-order valence-corrected chi connectivity index (χ1v) is 5.90. The molecule has 0 unspecified atom stereocenters. The van der Waals surface area contributed by atoms with Crippen molar-refractivity contribution in [2.45, 2.75) is 13.3 Å². The summed E-state index contributed by atoms with van der Waals surface area (Å²) >= 11 is 0. The van der Waals surface area contributed by atoms with Crippen LogP contribution in [-0.4, -0.2) is 4.92 Å². The third kappa shape index (κ3) is 2.88.